The van der Waals surface area contributed by atoms with Crippen LogP contribution in [0.2, 0.25) is 0 Å². The van der Waals surface area contributed by atoms with Crippen molar-refractivity contribution in [2.75, 3.05) is 7.11 Å². The Kier molecular flexibility index (Phi) is 6.12. The Hall–Kier alpha value is -3.11. The second kappa shape index (κ2) is 8.72. The van der Waals surface area contributed by atoms with Gasteiger partial charge in [0, 0.05) is 11.7 Å². The second-order valence-corrected chi connectivity index (χ2v) is 7.14. The maximum Gasteiger partial charge on any atom is 0.319 e. The Morgan fingerprint density at radius 3 is 2.64 bits per heavy atom. The lowest BCUT2D eigenvalue weighted by Gasteiger charge is -2.31. The Labute approximate surface area is 166 Å². The minimum Gasteiger partial charge on any atom is -0.468 e. The molecule has 1 amide bonds. The number of amides is 1. The summed E-state index contributed by atoms with van der Waals surface area (Å²) in [5, 5.41) is 12.8. The van der Waals surface area contributed by atoms with Crippen LogP contribution in [0.3, 0.4) is 0 Å². The molecule has 0 aliphatic carbocycles. The molecule has 7 heteroatoms. The van der Waals surface area contributed by atoms with Crippen molar-refractivity contribution in [3.05, 3.63) is 82.1 Å². The van der Waals surface area contributed by atoms with Crippen LogP contribution in [0.1, 0.15) is 17.0 Å². The fourth-order valence-corrected chi connectivity index (χ4v) is 4.11. The molecule has 28 heavy (non-hydrogen) atoms. The van der Waals surface area contributed by atoms with Gasteiger partial charge < -0.3 is 10.1 Å². The van der Waals surface area contributed by atoms with Crippen molar-refractivity contribution in [1.29, 1.82) is 5.26 Å². The average molecular weight is 396 g/mol. The largest absolute Gasteiger partial charge is 0.468 e. The molecule has 0 saturated carbocycles. The number of ether oxygens (including phenoxy) is 1. The summed E-state index contributed by atoms with van der Waals surface area (Å²) in [6.45, 7) is 0. The summed E-state index contributed by atoms with van der Waals surface area (Å²) in [6, 6.07) is 17.2. The van der Waals surface area contributed by atoms with E-state index < -0.39 is 23.7 Å². The highest BCUT2D eigenvalue weighted by Gasteiger charge is 2.44. The zero-order valence-electron chi connectivity index (χ0n) is 15.0. The summed E-state index contributed by atoms with van der Waals surface area (Å²) < 4.78 is 18.2. The fraction of sp³-hybridized carbons (Fsp3) is 0.190. The van der Waals surface area contributed by atoms with E-state index in [2.05, 4.69) is 11.4 Å². The summed E-state index contributed by atoms with van der Waals surface area (Å²) >= 11 is 1.22. The van der Waals surface area contributed by atoms with E-state index in [4.69, 9.17) is 4.74 Å². The molecule has 0 unspecified atom stereocenters. The first-order valence-electron chi connectivity index (χ1n) is 8.50. The molecule has 5 nitrogen and oxygen atoms in total. The molecule has 2 atom stereocenters. The van der Waals surface area contributed by atoms with E-state index in [-0.39, 0.29) is 11.4 Å². The molecule has 0 aromatic heterocycles. The first kappa shape index (κ1) is 19.6. The molecule has 1 aliphatic heterocycles. The van der Waals surface area contributed by atoms with Gasteiger partial charge in [-0.3, -0.25) is 9.59 Å². The van der Waals surface area contributed by atoms with Crippen molar-refractivity contribution < 1.29 is 18.7 Å². The molecule has 0 fully saturated rings. The number of nitrogens with one attached hydrogen (secondary N) is 1. The van der Waals surface area contributed by atoms with Gasteiger partial charge in [0.15, 0.2) is 0 Å². The SMILES string of the molecule is COC(=O)[C@@H]1C(=O)NC(SCc2cccc(F)c2)=C(C#N)[C@@H]1c1ccccc1. The highest BCUT2D eigenvalue weighted by Crippen LogP contribution is 2.40. The van der Waals surface area contributed by atoms with Crippen LogP contribution in [0.4, 0.5) is 4.39 Å². The van der Waals surface area contributed by atoms with Gasteiger partial charge in [0.25, 0.3) is 0 Å². The molecule has 1 N–H and O–H groups in total. The van der Waals surface area contributed by atoms with Gasteiger partial charge >= 0.3 is 5.97 Å². The van der Waals surface area contributed by atoms with Crippen molar-refractivity contribution in [2.24, 2.45) is 5.92 Å². The van der Waals surface area contributed by atoms with Crippen LogP contribution < -0.4 is 5.32 Å². The van der Waals surface area contributed by atoms with Gasteiger partial charge in [-0.2, -0.15) is 5.26 Å². The standard InChI is InChI=1S/C21H17FN2O3S/c1-27-21(26)18-17(14-7-3-2-4-8-14)16(11-23)20(24-19(18)25)28-12-13-6-5-9-15(22)10-13/h2-10,17-18H,12H2,1H3,(H,24,25)/t17-,18-/m0/s1. The molecule has 3 rings (SSSR count). The van der Waals surface area contributed by atoms with E-state index >= 15 is 0 Å². The molecule has 0 bridgehead atoms. The molecule has 0 saturated heterocycles. The van der Waals surface area contributed by atoms with Crippen molar-refractivity contribution in [3.63, 3.8) is 0 Å². The van der Waals surface area contributed by atoms with E-state index in [1.54, 1.807) is 36.4 Å². The number of carbonyl (C=O) groups is 2. The van der Waals surface area contributed by atoms with Crippen LogP contribution in [-0.2, 0) is 20.1 Å². The summed E-state index contributed by atoms with van der Waals surface area (Å²) in [4.78, 5) is 25.0. The second-order valence-electron chi connectivity index (χ2n) is 6.15. The quantitative estimate of drug-likeness (QED) is 0.618. The molecule has 142 valence electrons. The number of esters is 1. The molecule has 0 spiro atoms. The highest BCUT2D eigenvalue weighted by atomic mass is 32.2. The first-order valence-corrected chi connectivity index (χ1v) is 9.49. The van der Waals surface area contributed by atoms with Gasteiger partial charge in [0.05, 0.1) is 23.8 Å². The molecule has 2 aromatic carbocycles. The van der Waals surface area contributed by atoms with Crippen molar-refractivity contribution in [3.8, 4) is 6.07 Å². The van der Waals surface area contributed by atoms with E-state index in [0.717, 1.165) is 5.56 Å². The molecule has 1 aliphatic rings. The van der Waals surface area contributed by atoms with Crippen molar-refractivity contribution in [2.45, 2.75) is 11.7 Å². The number of nitriles is 1. The van der Waals surface area contributed by atoms with Gasteiger partial charge in [-0.25, -0.2) is 4.39 Å². The number of carbonyl (C=O) groups excluding carboxylic acids is 2. The molecular formula is C21H17FN2O3S. The van der Waals surface area contributed by atoms with Crippen molar-refractivity contribution in [1.82, 2.24) is 5.32 Å². The van der Waals surface area contributed by atoms with Gasteiger partial charge in [0.1, 0.15) is 11.7 Å². The number of hydrogen-bond acceptors (Lipinski definition) is 5. The Morgan fingerprint density at radius 1 is 1.25 bits per heavy atom. The maximum absolute atomic E-state index is 13.4. The molecular weight excluding hydrogens is 379 g/mol. The van der Waals surface area contributed by atoms with E-state index in [9.17, 15) is 19.2 Å². The van der Waals surface area contributed by atoms with Crippen LogP contribution in [-0.4, -0.2) is 19.0 Å². The third-order valence-corrected chi connectivity index (χ3v) is 5.50. The number of halogens is 1. The molecule has 2 aromatic rings. The van der Waals surface area contributed by atoms with Gasteiger partial charge in [-0.15, -0.1) is 11.8 Å². The predicted octanol–water partition coefficient (Wildman–Crippen LogP) is 3.50. The van der Waals surface area contributed by atoms with Gasteiger partial charge in [-0.05, 0) is 23.3 Å². The highest BCUT2D eigenvalue weighted by molar-refractivity contribution is 8.02. The lowest BCUT2D eigenvalue weighted by Crippen LogP contribution is -2.44. The molecule has 1 heterocycles. The predicted molar refractivity (Wildman–Crippen MR) is 103 cm³/mol. The van der Waals surface area contributed by atoms with Gasteiger partial charge in [-0.1, -0.05) is 42.5 Å². The normalized spacial score (nSPS) is 19.0. The Bertz CT molecular complexity index is 969. The lowest BCUT2D eigenvalue weighted by molar-refractivity contribution is -0.150. The number of rotatable bonds is 5. The van der Waals surface area contributed by atoms with Crippen molar-refractivity contribution >= 4 is 23.6 Å². The minimum absolute atomic E-state index is 0.280. The smallest absolute Gasteiger partial charge is 0.319 e. The summed E-state index contributed by atoms with van der Waals surface area (Å²) in [5.74, 6) is -3.12. The number of methoxy groups -OCH3 is 1. The zero-order valence-corrected chi connectivity index (χ0v) is 15.8. The monoisotopic (exact) mass is 396 g/mol. The third kappa shape index (κ3) is 4.07. The van der Waals surface area contributed by atoms with Crippen LogP contribution in [0.25, 0.3) is 0 Å². The van der Waals surface area contributed by atoms with Crippen LogP contribution in [0.5, 0.6) is 0 Å². The van der Waals surface area contributed by atoms with Crippen LogP contribution in [0, 0.1) is 23.1 Å². The summed E-state index contributed by atoms with van der Waals surface area (Å²) in [5.41, 5.74) is 1.67. The Morgan fingerprint density at radius 2 is 2.00 bits per heavy atom. The number of thioether (sulfide) groups is 1. The zero-order chi connectivity index (χ0) is 20.1. The van der Waals surface area contributed by atoms with Gasteiger partial charge in [0.2, 0.25) is 5.91 Å². The molecule has 0 radical (unpaired) electrons. The number of hydrogen-bond donors (Lipinski definition) is 1. The maximum atomic E-state index is 13.4. The van der Waals surface area contributed by atoms with E-state index in [1.165, 1.54) is 31.0 Å². The number of allylic oxidation sites excluding steroid dienone is 1. The number of nitrogens with zero attached hydrogens (tertiary/aromatic N) is 1. The minimum atomic E-state index is -1.15. The van der Waals surface area contributed by atoms with Crippen LogP contribution >= 0.6 is 11.8 Å². The Balaban J connectivity index is 2.00. The summed E-state index contributed by atoms with van der Waals surface area (Å²) in [6.07, 6.45) is 0. The summed E-state index contributed by atoms with van der Waals surface area (Å²) in [7, 11) is 1.21. The topological polar surface area (TPSA) is 79.2 Å². The fourth-order valence-electron chi connectivity index (χ4n) is 3.12. The third-order valence-electron chi connectivity index (χ3n) is 4.41. The first-order chi connectivity index (χ1) is 13.5. The van der Waals surface area contributed by atoms with E-state index in [0.29, 0.717) is 16.3 Å². The lowest BCUT2D eigenvalue weighted by atomic mass is 9.78. The van der Waals surface area contributed by atoms with Crippen LogP contribution in [0.15, 0.2) is 65.2 Å². The average Bonchev–Trinajstić information content (AvgIpc) is 2.71. The van der Waals surface area contributed by atoms with E-state index in [1.807, 2.05) is 6.07 Å². The number of benzene rings is 2.